The molecule has 0 atom stereocenters. The van der Waals surface area contributed by atoms with Crippen LogP contribution in [0.25, 0.3) is 0 Å². The Morgan fingerprint density at radius 2 is 1.00 bits per heavy atom. The summed E-state index contributed by atoms with van der Waals surface area (Å²) in [6.07, 6.45) is 5.82. The summed E-state index contributed by atoms with van der Waals surface area (Å²) in [6, 6.07) is 0. The monoisotopic (exact) mass is 261 g/mol. The first-order chi connectivity index (χ1) is 8.36. The summed E-state index contributed by atoms with van der Waals surface area (Å²) in [5, 5.41) is 22.8. The van der Waals surface area contributed by atoms with E-state index in [1.54, 1.807) is 0 Å². The molecule has 106 valence electrons. The predicted molar refractivity (Wildman–Crippen MR) is 68.3 cm³/mol. The number of hydrogen-bond acceptors (Lipinski definition) is 3. The third-order valence-electron chi connectivity index (χ3n) is 2.03. The first kappa shape index (κ1) is 18.6. The molecule has 0 saturated carbocycles. The van der Waals surface area contributed by atoms with Gasteiger partial charge in [0.2, 0.25) is 0 Å². The van der Waals surface area contributed by atoms with Crippen LogP contribution in [0.2, 0.25) is 0 Å². The first-order valence-electron chi connectivity index (χ1n) is 5.89. The highest BCUT2D eigenvalue weighted by atomic mass is 16.4. The maximum absolute atomic E-state index is 10.1. The van der Waals surface area contributed by atoms with Crippen LogP contribution >= 0.6 is 0 Å². The summed E-state index contributed by atoms with van der Waals surface area (Å²) in [5.41, 5.74) is 8.94. The Hall–Kier alpha value is -1.79. The second-order valence-corrected chi connectivity index (χ2v) is 3.86. The highest BCUT2D eigenvalue weighted by Crippen LogP contribution is 2.08. The van der Waals surface area contributed by atoms with Crippen molar-refractivity contribution in [1.29, 1.82) is 5.41 Å². The number of carbonyl (C=O) groups is 2. The molecule has 0 unspecified atom stereocenters. The van der Waals surface area contributed by atoms with Gasteiger partial charge in [-0.1, -0.05) is 25.7 Å². The normalized spacial score (nSPS) is 9.11. The zero-order valence-corrected chi connectivity index (χ0v) is 10.5. The van der Waals surface area contributed by atoms with Gasteiger partial charge in [-0.3, -0.25) is 15.0 Å². The molecule has 0 bridgehead atoms. The minimum Gasteiger partial charge on any atom is -0.481 e. The van der Waals surface area contributed by atoms with Crippen LogP contribution < -0.4 is 11.5 Å². The molecule has 7 nitrogen and oxygen atoms in total. The van der Waals surface area contributed by atoms with Gasteiger partial charge in [-0.15, -0.1) is 0 Å². The number of carboxylic acid groups (broad SMARTS) is 2. The Morgan fingerprint density at radius 1 is 0.778 bits per heavy atom. The molecular weight excluding hydrogens is 238 g/mol. The molecule has 18 heavy (non-hydrogen) atoms. The fraction of sp³-hybridized carbons (Fsp3) is 0.727. The summed E-state index contributed by atoms with van der Waals surface area (Å²) < 4.78 is 0. The van der Waals surface area contributed by atoms with Crippen molar-refractivity contribution in [3.63, 3.8) is 0 Å². The lowest BCUT2D eigenvalue weighted by molar-refractivity contribution is -0.138. The van der Waals surface area contributed by atoms with Crippen molar-refractivity contribution in [3.8, 4) is 0 Å². The van der Waals surface area contributed by atoms with Crippen molar-refractivity contribution in [2.45, 2.75) is 51.4 Å². The number of nitrogens with one attached hydrogen (secondary N) is 1. The molecular formula is C11H23N3O4. The molecule has 0 aromatic rings. The van der Waals surface area contributed by atoms with Crippen LogP contribution in [0.5, 0.6) is 0 Å². The van der Waals surface area contributed by atoms with Crippen molar-refractivity contribution in [1.82, 2.24) is 0 Å². The van der Waals surface area contributed by atoms with E-state index < -0.39 is 11.9 Å². The lowest BCUT2D eigenvalue weighted by atomic mass is 10.1. The Bertz CT molecular complexity index is 233. The van der Waals surface area contributed by atoms with E-state index in [1.165, 1.54) is 0 Å². The maximum Gasteiger partial charge on any atom is 0.303 e. The van der Waals surface area contributed by atoms with Crippen LogP contribution in [0, 0.1) is 5.41 Å². The molecule has 0 heterocycles. The Labute approximate surface area is 107 Å². The lowest BCUT2D eigenvalue weighted by Gasteiger charge is -1.98. The van der Waals surface area contributed by atoms with Crippen molar-refractivity contribution >= 4 is 17.9 Å². The third kappa shape index (κ3) is 29.2. The number of guanidine groups is 1. The van der Waals surface area contributed by atoms with Gasteiger partial charge in [-0.05, 0) is 12.8 Å². The van der Waals surface area contributed by atoms with E-state index in [9.17, 15) is 9.59 Å². The molecule has 0 aromatic heterocycles. The molecule has 0 spiro atoms. The van der Waals surface area contributed by atoms with Crippen molar-refractivity contribution < 1.29 is 19.8 Å². The number of carboxylic acids is 2. The number of aliphatic carboxylic acids is 2. The summed E-state index contributed by atoms with van der Waals surface area (Å²) in [5.74, 6) is -1.81. The fourth-order valence-electron chi connectivity index (χ4n) is 1.26. The van der Waals surface area contributed by atoms with Crippen LogP contribution in [-0.2, 0) is 9.59 Å². The summed E-state index contributed by atoms with van der Waals surface area (Å²) in [7, 11) is 0. The highest BCUT2D eigenvalue weighted by Gasteiger charge is 1.98. The van der Waals surface area contributed by atoms with E-state index in [2.05, 4.69) is 11.5 Å². The molecule has 0 rings (SSSR count). The van der Waals surface area contributed by atoms with Gasteiger partial charge >= 0.3 is 11.9 Å². The van der Waals surface area contributed by atoms with Crippen LogP contribution in [0.3, 0.4) is 0 Å². The molecule has 0 aliphatic rings. The molecule has 7 N–H and O–H groups in total. The minimum atomic E-state index is -0.740. The van der Waals surface area contributed by atoms with E-state index in [0.717, 1.165) is 38.5 Å². The lowest BCUT2D eigenvalue weighted by Crippen LogP contribution is -2.20. The molecule has 0 aliphatic carbocycles. The topological polar surface area (TPSA) is 150 Å². The Morgan fingerprint density at radius 3 is 1.22 bits per heavy atom. The van der Waals surface area contributed by atoms with Crippen molar-refractivity contribution in [2.75, 3.05) is 0 Å². The molecule has 0 aromatic carbocycles. The van der Waals surface area contributed by atoms with Crippen molar-refractivity contribution in [2.24, 2.45) is 11.5 Å². The summed E-state index contributed by atoms with van der Waals surface area (Å²) in [6.45, 7) is 0. The molecule has 0 aliphatic heterocycles. The molecule has 0 saturated heterocycles. The largest absolute Gasteiger partial charge is 0.481 e. The maximum atomic E-state index is 10.1. The predicted octanol–water partition coefficient (Wildman–Crippen LogP) is 1.11. The van der Waals surface area contributed by atoms with Gasteiger partial charge in [-0.2, -0.15) is 0 Å². The van der Waals surface area contributed by atoms with E-state index in [4.69, 9.17) is 15.6 Å². The second kappa shape index (κ2) is 13.3. The number of rotatable bonds is 9. The quantitative estimate of drug-likeness (QED) is 0.238. The van der Waals surface area contributed by atoms with E-state index >= 15 is 0 Å². The van der Waals surface area contributed by atoms with E-state index in [-0.39, 0.29) is 18.8 Å². The number of nitrogens with two attached hydrogens (primary N) is 2. The van der Waals surface area contributed by atoms with Gasteiger partial charge in [-0.25, -0.2) is 0 Å². The average Bonchev–Trinajstić information content (AvgIpc) is 2.20. The highest BCUT2D eigenvalue weighted by molar-refractivity contribution is 5.71. The molecule has 0 amide bonds. The SMILES string of the molecule is N=C(N)N.O=C(O)CCCCCCCCC(=O)O. The van der Waals surface area contributed by atoms with Crippen LogP contribution in [-0.4, -0.2) is 28.1 Å². The van der Waals surface area contributed by atoms with Crippen LogP contribution in [0.1, 0.15) is 51.4 Å². The van der Waals surface area contributed by atoms with Crippen LogP contribution in [0.4, 0.5) is 0 Å². The van der Waals surface area contributed by atoms with E-state index in [1.807, 2.05) is 0 Å². The summed E-state index contributed by atoms with van der Waals surface area (Å²) >= 11 is 0. The molecule has 0 fully saturated rings. The first-order valence-corrected chi connectivity index (χ1v) is 5.89. The summed E-state index contributed by atoms with van der Waals surface area (Å²) in [4.78, 5) is 20.3. The Kier molecular flexibility index (Phi) is 13.7. The number of hydrogen-bond donors (Lipinski definition) is 5. The van der Waals surface area contributed by atoms with Gasteiger partial charge in [0, 0.05) is 12.8 Å². The van der Waals surface area contributed by atoms with Crippen LogP contribution in [0.15, 0.2) is 0 Å². The zero-order chi connectivity index (χ0) is 14.4. The standard InChI is InChI=1S/C10H18O4.CH5N3/c11-9(12)7-5-3-1-2-4-6-8-10(13)14;2-1(3)4/h1-8H2,(H,11,12)(H,13,14);(H5,2,3,4). The van der Waals surface area contributed by atoms with E-state index in [0.29, 0.717) is 0 Å². The van der Waals surface area contributed by atoms with Gasteiger partial charge in [0.15, 0.2) is 5.96 Å². The zero-order valence-electron chi connectivity index (χ0n) is 10.5. The van der Waals surface area contributed by atoms with Gasteiger partial charge in [0.25, 0.3) is 0 Å². The van der Waals surface area contributed by atoms with Gasteiger partial charge in [0.1, 0.15) is 0 Å². The van der Waals surface area contributed by atoms with Gasteiger partial charge in [0.05, 0.1) is 0 Å². The van der Waals surface area contributed by atoms with Crippen molar-refractivity contribution in [3.05, 3.63) is 0 Å². The fourth-order valence-corrected chi connectivity index (χ4v) is 1.26. The third-order valence-corrected chi connectivity index (χ3v) is 2.03. The minimum absolute atomic E-state index is 0.245. The van der Waals surface area contributed by atoms with Gasteiger partial charge < -0.3 is 21.7 Å². The molecule has 0 radical (unpaired) electrons. The molecule has 7 heteroatoms. The second-order valence-electron chi connectivity index (χ2n) is 3.86. The Balaban J connectivity index is 0. The average molecular weight is 261 g/mol. The number of unbranched alkanes of at least 4 members (excludes halogenated alkanes) is 5. The smallest absolute Gasteiger partial charge is 0.303 e.